The van der Waals surface area contributed by atoms with Crippen LogP contribution < -0.4 is 0 Å². The Hall–Kier alpha value is -2.58. The Morgan fingerprint density at radius 1 is 1.38 bits per heavy atom. The number of H-pyrrole nitrogens is 1. The molecule has 1 fully saturated rings. The number of carbonyl (C=O) groups excluding carboxylic acids is 1. The first-order chi connectivity index (χ1) is 11.3. The van der Waals surface area contributed by atoms with Gasteiger partial charge in [0.1, 0.15) is 11.2 Å². The highest BCUT2D eigenvalue weighted by molar-refractivity contribution is 6.00. The predicted octanol–water partition coefficient (Wildman–Crippen LogP) is 3.49. The molecule has 1 N–H and O–H groups in total. The Kier molecular flexibility index (Phi) is 3.94. The number of aromatic nitrogens is 1. The maximum atomic E-state index is 12.9. The summed E-state index contributed by atoms with van der Waals surface area (Å²) in [5, 5.41) is 11.5. The molecule has 2 aromatic rings. The molecule has 1 aromatic carbocycles. The number of benzene rings is 1. The fraction of sp³-hybridized carbons (Fsp3) is 0.400. The van der Waals surface area contributed by atoms with Crippen molar-refractivity contribution in [2.24, 2.45) is 5.92 Å². The Morgan fingerprint density at radius 3 is 2.79 bits per heavy atom. The number of amides is 1. The van der Waals surface area contributed by atoms with E-state index in [9.17, 15) is 28.1 Å². The second-order valence-electron chi connectivity index (χ2n) is 5.81. The average molecular weight is 341 g/mol. The predicted molar refractivity (Wildman–Crippen MR) is 79.6 cm³/mol. The number of non-ortho nitro benzene ring substituents is 1. The second-order valence-corrected chi connectivity index (χ2v) is 5.81. The van der Waals surface area contributed by atoms with Crippen molar-refractivity contribution in [3.63, 3.8) is 0 Å². The minimum Gasteiger partial charge on any atom is -0.345 e. The number of halogens is 3. The van der Waals surface area contributed by atoms with Crippen LogP contribution in [0.5, 0.6) is 0 Å². The lowest BCUT2D eigenvalue weighted by Gasteiger charge is -2.33. The van der Waals surface area contributed by atoms with Crippen molar-refractivity contribution < 1.29 is 22.9 Å². The van der Waals surface area contributed by atoms with Crippen LogP contribution in [0.4, 0.5) is 18.9 Å². The summed E-state index contributed by atoms with van der Waals surface area (Å²) in [5.74, 6) is -2.11. The van der Waals surface area contributed by atoms with Crippen LogP contribution in [0.1, 0.15) is 23.3 Å². The number of rotatable bonds is 2. The lowest BCUT2D eigenvalue weighted by molar-refractivity contribution is -0.383. The quantitative estimate of drug-likeness (QED) is 0.671. The molecule has 1 saturated heterocycles. The minimum atomic E-state index is -4.34. The molecular weight excluding hydrogens is 327 g/mol. The molecule has 9 heteroatoms. The summed E-state index contributed by atoms with van der Waals surface area (Å²) in [6, 6.07) is 5.82. The summed E-state index contributed by atoms with van der Waals surface area (Å²) in [7, 11) is 0. The summed E-state index contributed by atoms with van der Waals surface area (Å²) in [5.41, 5.74) is 0.0655. The van der Waals surface area contributed by atoms with Gasteiger partial charge in [0, 0.05) is 24.5 Å². The Labute approximate surface area is 134 Å². The van der Waals surface area contributed by atoms with Gasteiger partial charge in [0.15, 0.2) is 0 Å². The Bertz CT molecular complexity index is 800. The molecule has 1 aromatic heterocycles. The first kappa shape index (κ1) is 16.3. The molecule has 0 bridgehead atoms. The number of para-hydroxylation sites is 1. The number of piperidine rings is 1. The molecule has 6 nitrogen and oxygen atoms in total. The van der Waals surface area contributed by atoms with Crippen molar-refractivity contribution >= 4 is 22.5 Å². The van der Waals surface area contributed by atoms with E-state index in [1.807, 2.05) is 0 Å². The molecule has 0 radical (unpaired) electrons. The number of carbonyl (C=O) groups is 1. The largest absolute Gasteiger partial charge is 0.393 e. The van der Waals surface area contributed by atoms with Crippen LogP contribution in [0, 0.1) is 16.0 Å². The Morgan fingerprint density at radius 2 is 2.12 bits per heavy atom. The number of nitro benzene ring substituents is 1. The number of likely N-dealkylation sites (tertiary alicyclic amines) is 1. The number of hydrogen-bond donors (Lipinski definition) is 1. The topological polar surface area (TPSA) is 79.2 Å². The minimum absolute atomic E-state index is 0.00541. The van der Waals surface area contributed by atoms with Crippen molar-refractivity contribution in [2.45, 2.75) is 19.0 Å². The van der Waals surface area contributed by atoms with E-state index in [0.29, 0.717) is 5.39 Å². The molecular formula is C15H14F3N3O3. The van der Waals surface area contributed by atoms with Gasteiger partial charge in [0.05, 0.1) is 10.8 Å². The molecule has 0 saturated carbocycles. The number of nitrogens with zero attached hydrogens (tertiary/aromatic N) is 2. The van der Waals surface area contributed by atoms with E-state index in [1.54, 1.807) is 6.07 Å². The molecule has 0 aliphatic carbocycles. The van der Waals surface area contributed by atoms with Crippen LogP contribution in [-0.2, 0) is 0 Å². The molecule has 1 unspecified atom stereocenters. The van der Waals surface area contributed by atoms with Gasteiger partial charge in [0.25, 0.3) is 11.6 Å². The van der Waals surface area contributed by atoms with Crippen molar-refractivity contribution in [2.75, 3.05) is 13.1 Å². The van der Waals surface area contributed by atoms with Crippen molar-refractivity contribution in [1.29, 1.82) is 0 Å². The first-order valence-electron chi connectivity index (χ1n) is 7.39. The van der Waals surface area contributed by atoms with E-state index >= 15 is 0 Å². The lowest BCUT2D eigenvalue weighted by Crippen LogP contribution is -2.44. The van der Waals surface area contributed by atoms with Gasteiger partial charge in [-0.25, -0.2) is 0 Å². The lowest BCUT2D eigenvalue weighted by atomic mass is 9.97. The van der Waals surface area contributed by atoms with E-state index < -0.39 is 22.9 Å². The monoisotopic (exact) mass is 341 g/mol. The van der Waals surface area contributed by atoms with Crippen molar-refractivity contribution in [3.8, 4) is 0 Å². The van der Waals surface area contributed by atoms with E-state index in [0.717, 1.165) is 4.90 Å². The third kappa shape index (κ3) is 2.93. The van der Waals surface area contributed by atoms with Gasteiger partial charge < -0.3 is 9.88 Å². The summed E-state index contributed by atoms with van der Waals surface area (Å²) >= 11 is 0. The molecule has 2 heterocycles. The average Bonchev–Trinajstić information content (AvgIpc) is 2.97. The van der Waals surface area contributed by atoms with Crippen molar-refractivity contribution in [3.05, 3.63) is 40.1 Å². The van der Waals surface area contributed by atoms with Gasteiger partial charge in [-0.15, -0.1) is 0 Å². The summed E-state index contributed by atoms with van der Waals surface area (Å²) in [6.07, 6.45) is -4.06. The summed E-state index contributed by atoms with van der Waals surface area (Å²) in [4.78, 5) is 26.8. The molecule has 24 heavy (non-hydrogen) atoms. The van der Waals surface area contributed by atoms with Gasteiger partial charge >= 0.3 is 6.18 Å². The maximum absolute atomic E-state index is 12.9. The van der Waals surface area contributed by atoms with Crippen molar-refractivity contribution in [1.82, 2.24) is 9.88 Å². The highest BCUT2D eigenvalue weighted by atomic mass is 19.4. The van der Waals surface area contributed by atoms with Gasteiger partial charge in [-0.3, -0.25) is 14.9 Å². The van der Waals surface area contributed by atoms with Crippen LogP contribution in [0.3, 0.4) is 0 Å². The fourth-order valence-corrected chi connectivity index (χ4v) is 3.01. The number of fused-ring (bicyclic) bond motifs is 1. The van der Waals surface area contributed by atoms with Gasteiger partial charge in [-0.2, -0.15) is 13.2 Å². The fourth-order valence-electron chi connectivity index (χ4n) is 3.01. The third-order valence-electron chi connectivity index (χ3n) is 4.23. The van der Waals surface area contributed by atoms with E-state index in [4.69, 9.17) is 0 Å². The molecule has 1 aliphatic rings. The zero-order valence-corrected chi connectivity index (χ0v) is 12.5. The van der Waals surface area contributed by atoms with Gasteiger partial charge in [-0.1, -0.05) is 12.1 Å². The smallest absolute Gasteiger partial charge is 0.345 e. The maximum Gasteiger partial charge on any atom is 0.393 e. The highest BCUT2D eigenvalue weighted by Gasteiger charge is 2.42. The molecule has 128 valence electrons. The number of aromatic amines is 1. The highest BCUT2D eigenvalue weighted by Crippen LogP contribution is 2.34. The molecule has 1 atom stereocenters. The van der Waals surface area contributed by atoms with Crippen LogP contribution in [0.2, 0.25) is 0 Å². The second kappa shape index (κ2) is 5.81. The van der Waals surface area contributed by atoms with Crippen LogP contribution in [0.15, 0.2) is 24.3 Å². The number of nitrogens with one attached hydrogen (secondary N) is 1. The zero-order chi connectivity index (χ0) is 17.5. The molecule has 1 amide bonds. The van der Waals surface area contributed by atoms with Crippen LogP contribution in [0.25, 0.3) is 10.9 Å². The number of alkyl halides is 3. The first-order valence-corrected chi connectivity index (χ1v) is 7.39. The Balaban J connectivity index is 1.89. The van der Waals surface area contributed by atoms with E-state index in [1.165, 1.54) is 18.2 Å². The zero-order valence-electron chi connectivity index (χ0n) is 12.5. The van der Waals surface area contributed by atoms with Gasteiger partial charge in [0.2, 0.25) is 0 Å². The van der Waals surface area contributed by atoms with Crippen LogP contribution in [-0.4, -0.2) is 40.0 Å². The van der Waals surface area contributed by atoms with Crippen LogP contribution >= 0.6 is 0 Å². The standard InChI is InChI=1S/C15H14F3N3O3/c16-15(17,18)10-4-2-6-20(8-10)14(22)11-7-9-3-1-5-12(21(23)24)13(9)19-11/h1,3,5,7,10,19H,2,4,6,8H2. The molecule has 3 rings (SSSR count). The summed E-state index contributed by atoms with van der Waals surface area (Å²) in [6.45, 7) is -0.150. The van der Waals surface area contributed by atoms with E-state index in [-0.39, 0.29) is 42.8 Å². The third-order valence-corrected chi connectivity index (χ3v) is 4.23. The summed E-state index contributed by atoms with van der Waals surface area (Å²) < 4.78 is 38.6. The van der Waals surface area contributed by atoms with Gasteiger partial charge in [-0.05, 0) is 18.9 Å². The SMILES string of the molecule is O=C(c1cc2cccc([N+](=O)[O-])c2[nH]1)N1CCCC(C(F)(F)F)C1. The number of nitro groups is 1. The van der Waals surface area contributed by atoms with E-state index in [2.05, 4.69) is 4.98 Å². The molecule has 1 aliphatic heterocycles. The normalized spacial score (nSPS) is 18.8. The number of hydrogen-bond acceptors (Lipinski definition) is 3. The molecule has 0 spiro atoms.